The average Bonchev–Trinajstić information content (AvgIpc) is 2.31. The van der Waals surface area contributed by atoms with Crippen LogP contribution in [0.5, 0.6) is 0 Å². The van der Waals surface area contributed by atoms with Gasteiger partial charge >= 0.3 is 0 Å². The molecule has 1 saturated heterocycles. The highest BCUT2D eigenvalue weighted by atomic mass is 16.3. The molecule has 1 fully saturated rings. The maximum atomic E-state index is 11.5. The summed E-state index contributed by atoms with van der Waals surface area (Å²) in [7, 11) is 1.99. The van der Waals surface area contributed by atoms with Gasteiger partial charge in [-0.15, -0.1) is 0 Å². The fourth-order valence-electron chi connectivity index (χ4n) is 2.69. The van der Waals surface area contributed by atoms with E-state index in [4.69, 9.17) is 0 Å². The Morgan fingerprint density at radius 2 is 2.29 bits per heavy atom. The summed E-state index contributed by atoms with van der Waals surface area (Å²) in [6.07, 6.45) is 1.66. The van der Waals surface area contributed by atoms with E-state index in [1.54, 1.807) is 13.0 Å². The molecule has 3 nitrogen and oxygen atoms in total. The first-order valence-corrected chi connectivity index (χ1v) is 5.08. The summed E-state index contributed by atoms with van der Waals surface area (Å²) < 4.78 is 0. The minimum absolute atomic E-state index is 0.0409. The zero-order valence-corrected chi connectivity index (χ0v) is 8.95. The van der Waals surface area contributed by atoms with Gasteiger partial charge in [0.25, 0.3) is 0 Å². The first-order chi connectivity index (χ1) is 6.42. The van der Waals surface area contributed by atoms with Gasteiger partial charge in [0.1, 0.15) is 0 Å². The molecular weight excluding hydrogens is 178 g/mol. The van der Waals surface area contributed by atoms with Crippen molar-refractivity contribution in [1.29, 1.82) is 0 Å². The number of nitrogens with zero attached hydrogens (tertiary/aromatic N) is 1. The number of carbonyl (C=O) groups is 1. The maximum Gasteiger partial charge on any atom is 0.159 e. The zero-order chi connectivity index (χ0) is 10.5. The summed E-state index contributed by atoms with van der Waals surface area (Å²) in [6, 6.07) is 0. The molecule has 0 amide bonds. The zero-order valence-electron chi connectivity index (χ0n) is 8.95. The van der Waals surface area contributed by atoms with E-state index in [1.165, 1.54) is 0 Å². The van der Waals surface area contributed by atoms with Crippen molar-refractivity contribution >= 4 is 5.78 Å². The molecule has 3 unspecified atom stereocenters. The first-order valence-electron chi connectivity index (χ1n) is 5.08. The quantitative estimate of drug-likeness (QED) is 0.610. The third kappa shape index (κ3) is 1.31. The van der Waals surface area contributed by atoms with Gasteiger partial charge in [0.2, 0.25) is 0 Å². The van der Waals surface area contributed by atoms with Gasteiger partial charge in [-0.2, -0.15) is 0 Å². The van der Waals surface area contributed by atoms with Crippen molar-refractivity contribution in [1.82, 2.24) is 4.90 Å². The minimum atomic E-state index is -0.821. The maximum absolute atomic E-state index is 11.5. The van der Waals surface area contributed by atoms with Crippen molar-refractivity contribution in [3.63, 3.8) is 0 Å². The number of piperidine rings is 1. The van der Waals surface area contributed by atoms with E-state index in [9.17, 15) is 9.90 Å². The third-order valence-corrected chi connectivity index (χ3v) is 3.46. The Labute approximate surface area is 84.4 Å². The highest BCUT2D eigenvalue weighted by Gasteiger charge is 2.45. The number of likely N-dealkylation sites (tertiary alicyclic amines) is 1. The number of fused-ring (bicyclic) bond motifs is 1. The van der Waals surface area contributed by atoms with Crippen LogP contribution in [0.15, 0.2) is 11.6 Å². The van der Waals surface area contributed by atoms with Crippen molar-refractivity contribution in [3.05, 3.63) is 11.6 Å². The van der Waals surface area contributed by atoms with Crippen LogP contribution < -0.4 is 0 Å². The molecular formula is C11H17NO2. The van der Waals surface area contributed by atoms with E-state index in [2.05, 4.69) is 4.90 Å². The van der Waals surface area contributed by atoms with Gasteiger partial charge in [-0.3, -0.25) is 4.79 Å². The highest BCUT2D eigenvalue weighted by Crippen LogP contribution is 2.39. The Kier molecular flexibility index (Phi) is 2.05. The van der Waals surface area contributed by atoms with Crippen LogP contribution in [0.2, 0.25) is 0 Å². The molecule has 2 rings (SSSR count). The fourth-order valence-corrected chi connectivity index (χ4v) is 2.69. The predicted molar refractivity (Wildman–Crippen MR) is 53.9 cm³/mol. The highest BCUT2D eigenvalue weighted by molar-refractivity contribution is 5.96. The number of hydrogen-bond donors (Lipinski definition) is 1. The smallest absolute Gasteiger partial charge is 0.159 e. The Morgan fingerprint density at radius 3 is 2.93 bits per heavy atom. The van der Waals surface area contributed by atoms with Gasteiger partial charge in [0, 0.05) is 24.9 Å². The molecule has 14 heavy (non-hydrogen) atoms. The Morgan fingerprint density at radius 1 is 1.64 bits per heavy atom. The lowest BCUT2D eigenvalue weighted by atomic mass is 9.80. The Hall–Kier alpha value is -0.670. The lowest BCUT2D eigenvalue weighted by Gasteiger charge is -2.41. The second-order valence-corrected chi connectivity index (χ2v) is 4.87. The molecule has 1 aliphatic carbocycles. The number of ketones is 1. The van der Waals surface area contributed by atoms with Crippen molar-refractivity contribution < 1.29 is 9.90 Å². The molecule has 0 aromatic carbocycles. The van der Waals surface area contributed by atoms with Gasteiger partial charge in [0.05, 0.1) is 5.60 Å². The second-order valence-electron chi connectivity index (χ2n) is 4.87. The summed E-state index contributed by atoms with van der Waals surface area (Å²) in [5.41, 5.74) is 0.117. The number of β-amino-alcohol motifs (C(OH)–C–C–N with tert-alkyl or cyclic N) is 1. The lowest BCUT2D eigenvalue weighted by molar-refractivity contribution is -0.118. The topological polar surface area (TPSA) is 40.5 Å². The van der Waals surface area contributed by atoms with E-state index < -0.39 is 5.60 Å². The summed E-state index contributed by atoms with van der Waals surface area (Å²) in [5.74, 6) is 0.427. The van der Waals surface area contributed by atoms with Crippen LogP contribution in [0.1, 0.15) is 13.8 Å². The monoisotopic (exact) mass is 195 g/mol. The molecule has 3 atom stereocenters. The van der Waals surface area contributed by atoms with E-state index in [1.807, 2.05) is 14.0 Å². The molecule has 1 heterocycles. The van der Waals surface area contributed by atoms with Crippen LogP contribution in [0, 0.1) is 11.8 Å². The largest absolute Gasteiger partial charge is 0.384 e. The number of allylic oxidation sites excluding steroid dienone is 1. The standard InChI is InChI=1S/C11H17NO2/c1-7-8-5-12(3)6-11(2,14)9(8)4-10(7)13/h4,7-8,14H,5-6H2,1-3H3. The number of carbonyl (C=O) groups excluding carboxylic acids is 1. The van der Waals surface area contributed by atoms with Gasteiger partial charge in [-0.1, -0.05) is 6.92 Å². The molecule has 0 bridgehead atoms. The van der Waals surface area contributed by atoms with Crippen molar-refractivity contribution in [2.45, 2.75) is 19.4 Å². The summed E-state index contributed by atoms with van der Waals surface area (Å²) in [4.78, 5) is 13.6. The Bertz CT molecular complexity index is 306. The molecule has 1 N–H and O–H groups in total. The molecule has 0 radical (unpaired) electrons. The van der Waals surface area contributed by atoms with Crippen molar-refractivity contribution in [2.24, 2.45) is 11.8 Å². The molecule has 0 saturated carbocycles. The van der Waals surface area contributed by atoms with E-state index in [0.717, 1.165) is 12.1 Å². The van der Waals surface area contributed by atoms with E-state index in [-0.39, 0.29) is 17.6 Å². The molecule has 0 aromatic heterocycles. The summed E-state index contributed by atoms with van der Waals surface area (Å²) >= 11 is 0. The van der Waals surface area contributed by atoms with Gasteiger partial charge in [0.15, 0.2) is 5.78 Å². The van der Waals surface area contributed by atoms with Crippen LogP contribution in [-0.4, -0.2) is 41.5 Å². The molecule has 0 spiro atoms. The number of likely N-dealkylation sites (N-methyl/N-ethyl adjacent to an activating group) is 1. The SMILES string of the molecule is CC1C(=O)C=C2C1CN(C)CC2(C)O. The fraction of sp³-hybridized carbons (Fsp3) is 0.727. The third-order valence-electron chi connectivity index (χ3n) is 3.46. The molecule has 3 heteroatoms. The number of hydrogen-bond acceptors (Lipinski definition) is 3. The molecule has 0 aromatic rings. The van der Waals surface area contributed by atoms with Crippen molar-refractivity contribution in [3.8, 4) is 0 Å². The number of rotatable bonds is 0. The van der Waals surface area contributed by atoms with Gasteiger partial charge in [-0.25, -0.2) is 0 Å². The van der Waals surface area contributed by atoms with E-state index >= 15 is 0 Å². The normalized spacial score (nSPS) is 43.7. The van der Waals surface area contributed by atoms with Crippen LogP contribution in [0.3, 0.4) is 0 Å². The van der Waals surface area contributed by atoms with Gasteiger partial charge in [-0.05, 0) is 25.6 Å². The van der Waals surface area contributed by atoms with Crippen LogP contribution in [0.4, 0.5) is 0 Å². The first kappa shape index (κ1) is 9.87. The van der Waals surface area contributed by atoms with Crippen LogP contribution >= 0.6 is 0 Å². The van der Waals surface area contributed by atoms with Gasteiger partial charge < -0.3 is 10.0 Å². The average molecular weight is 195 g/mol. The summed E-state index contributed by atoms with van der Waals surface area (Å²) in [6.45, 7) is 5.25. The minimum Gasteiger partial charge on any atom is -0.384 e. The van der Waals surface area contributed by atoms with Crippen LogP contribution in [0.25, 0.3) is 0 Å². The van der Waals surface area contributed by atoms with Crippen molar-refractivity contribution in [2.75, 3.05) is 20.1 Å². The Balaban J connectivity index is 2.35. The van der Waals surface area contributed by atoms with Crippen LogP contribution in [-0.2, 0) is 4.79 Å². The lowest BCUT2D eigenvalue weighted by Crippen LogP contribution is -2.50. The predicted octanol–water partition coefficient (Wildman–Crippen LogP) is 0.444. The molecule has 1 aliphatic heterocycles. The summed E-state index contributed by atoms with van der Waals surface area (Å²) in [5, 5.41) is 10.2. The van der Waals surface area contributed by atoms with E-state index in [0.29, 0.717) is 6.54 Å². The number of aliphatic hydroxyl groups is 1. The second kappa shape index (κ2) is 2.91. The molecule has 78 valence electrons. The molecule has 2 aliphatic rings.